The largest absolute Gasteiger partial charge is 0.336 e. The molecule has 0 unspecified atom stereocenters. The smallest absolute Gasteiger partial charge is 0.254 e. The van der Waals surface area contributed by atoms with Gasteiger partial charge in [-0.15, -0.1) is 0 Å². The van der Waals surface area contributed by atoms with Crippen LogP contribution in [0.5, 0.6) is 0 Å². The number of rotatable bonds is 4. The van der Waals surface area contributed by atoms with E-state index in [4.69, 9.17) is 0 Å². The van der Waals surface area contributed by atoms with E-state index >= 15 is 0 Å². The Balaban J connectivity index is 1.67. The van der Waals surface area contributed by atoms with Crippen molar-refractivity contribution >= 4 is 17.5 Å². The Morgan fingerprint density at radius 1 is 1.32 bits per heavy atom. The number of anilines is 1. The molecule has 1 aromatic carbocycles. The number of piperidine rings is 1. The number of aryl methyl sites for hydroxylation is 1. The van der Waals surface area contributed by atoms with Crippen LogP contribution < -0.4 is 5.32 Å². The van der Waals surface area contributed by atoms with Crippen LogP contribution in [0.15, 0.2) is 18.2 Å². The number of nitrogens with one attached hydrogen (secondary N) is 1. The number of hydrogen-bond donors (Lipinski definition) is 1. The molecule has 0 spiro atoms. The minimum atomic E-state index is -0.762. The second-order valence-corrected chi connectivity index (χ2v) is 7.06. The summed E-state index contributed by atoms with van der Waals surface area (Å²) in [5.74, 6) is -0.859. The van der Waals surface area contributed by atoms with E-state index in [0.717, 1.165) is 31.4 Å². The zero-order chi connectivity index (χ0) is 18.1. The van der Waals surface area contributed by atoms with Crippen LogP contribution in [0.4, 0.5) is 5.69 Å². The van der Waals surface area contributed by atoms with Gasteiger partial charge in [0.1, 0.15) is 5.92 Å². The lowest BCUT2D eigenvalue weighted by Gasteiger charge is -2.33. The van der Waals surface area contributed by atoms with Gasteiger partial charge in [0.05, 0.1) is 0 Å². The van der Waals surface area contributed by atoms with E-state index in [9.17, 15) is 19.7 Å². The van der Waals surface area contributed by atoms with Gasteiger partial charge in [0.2, 0.25) is 11.9 Å². The van der Waals surface area contributed by atoms with Gasteiger partial charge >= 0.3 is 0 Å². The zero-order valence-corrected chi connectivity index (χ0v) is 14.5. The highest BCUT2D eigenvalue weighted by Gasteiger charge is 2.53. The number of hydrogen-bond acceptors (Lipinski definition) is 4. The average Bonchev–Trinajstić information content (AvgIpc) is 3.37. The summed E-state index contributed by atoms with van der Waals surface area (Å²) in [6.45, 7) is 4.67. The molecule has 2 aliphatic rings. The van der Waals surface area contributed by atoms with Crippen molar-refractivity contribution in [3.8, 4) is 0 Å². The van der Waals surface area contributed by atoms with Crippen LogP contribution in [-0.2, 0) is 4.79 Å². The highest BCUT2D eigenvalue weighted by atomic mass is 16.6. The monoisotopic (exact) mass is 345 g/mol. The number of likely N-dealkylation sites (tertiary alicyclic amines) is 1. The van der Waals surface area contributed by atoms with Gasteiger partial charge in [0.25, 0.3) is 5.91 Å². The molecule has 0 bridgehead atoms. The first kappa shape index (κ1) is 17.4. The fourth-order valence-corrected chi connectivity index (χ4v) is 3.42. The maximum absolute atomic E-state index is 12.7. The van der Waals surface area contributed by atoms with E-state index in [2.05, 4.69) is 12.2 Å². The normalized spacial score (nSPS) is 25.4. The summed E-state index contributed by atoms with van der Waals surface area (Å²) < 4.78 is 0. The molecule has 0 radical (unpaired) electrons. The molecule has 3 rings (SSSR count). The Labute approximate surface area is 146 Å². The number of amides is 2. The van der Waals surface area contributed by atoms with E-state index < -0.39 is 16.9 Å². The zero-order valence-electron chi connectivity index (χ0n) is 14.5. The molecule has 1 saturated carbocycles. The molecule has 1 aliphatic heterocycles. The molecular weight excluding hydrogens is 322 g/mol. The van der Waals surface area contributed by atoms with Crippen LogP contribution in [0.1, 0.15) is 48.5 Å². The topological polar surface area (TPSA) is 92.6 Å². The van der Waals surface area contributed by atoms with Crippen molar-refractivity contribution in [2.24, 2.45) is 5.92 Å². The summed E-state index contributed by atoms with van der Waals surface area (Å²) in [6.07, 6.45) is 3.50. The number of carbonyl (C=O) groups excluding carboxylic acids is 2. The molecule has 2 fully saturated rings. The highest BCUT2D eigenvalue weighted by molar-refractivity contribution is 5.98. The Morgan fingerprint density at radius 2 is 2.08 bits per heavy atom. The van der Waals surface area contributed by atoms with Gasteiger partial charge in [0, 0.05) is 35.2 Å². The standard InChI is InChI=1S/C18H23N3O4/c1-11-9-13(18(23)20-8-4-3-5-12(20)2)6-7-15(11)19-17(22)14-10-16(14)21(24)25/h6-7,9,12,14,16H,3-5,8,10H2,1-2H3,(H,19,22)/t12-,14+,16+/m0/s1. The quantitative estimate of drug-likeness (QED) is 0.670. The van der Waals surface area contributed by atoms with Crippen LogP contribution in [0.2, 0.25) is 0 Å². The molecule has 7 heteroatoms. The SMILES string of the molecule is Cc1cc(C(=O)N2CCCC[C@@H]2C)ccc1NC(=O)[C@@H]1C[C@H]1[N+](=O)[O-]. The van der Waals surface area contributed by atoms with Gasteiger partial charge < -0.3 is 10.2 Å². The second-order valence-electron chi connectivity index (χ2n) is 7.06. The van der Waals surface area contributed by atoms with Crippen molar-refractivity contribution in [2.75, 3.05) is 11.9 Å². The van der Waals surface area contributed by atoms with Gasteiger partial charge in [0.15, 0.2) is 0 Å². The molecule has 25 heavy (non-hydrogen) atoms. The Morgan fingerprint density at radius 3 is 2.68 bits per heavy atom. The van der Waals surface area contributed by atoms with E-state index in [1.807, 2.05) is 11.8 Å². The van der Waals surface area contributed by atoms with Gasteiger partial charge in [-0.2, -0.15) is 0 Å². The first-order valence-corrected chi connectivity index (χ1v) is 8.74. The van der Waals surface area contributed by atoms with E-state index in [0.29, 0.717) is 17.7 Å². The Kier molecular flexibility index (Phi) is 4.74. The minimum Gasteiger partial charge on any atom is -0.336 e. The summed E-state index contributed by atoms with van der Waals surface area (Å²) in [6, 6.07) is 4.68. The van der Waals surface area contributed by atoms with Crippen LogP contribution in [0.25, 0.3) is 0 Å². The lowest BCUT2D eigenvalue weighted by atomic mass is 10.0. The highest BCUT2D eigenvalue weighted by Crippen LogP contribution is 2.34. The molecular formula is C18H23N3O4. The van der Waals surface area contributed by atoms with Crippen molar-refractivity contribution in [3.63, 3.8) is 0 Å². The van der Waals surface area contributed by atoms with Crippen LogP contribution in [-0.4, -0.2) is 40.3 Å². The molecule has 1 aromatic rings. The summed E-state index contributed by atoms with van der Waals surface area (Å²) >= 11 is 0. The van der Waals surface area contributed by atoms with E-state index in [1.165, 1.54) is 0 Å². The van der Waals surface area contributed by atoms with Crippen molar-refractivity contribution in [2.45, 2.75) is 51.6 Å². The Hall–Kier alpha value is -2.44. The van der Waals surface area contributed by atoms with E-state index in [-0.39, 0.29) is 17.9 Å². The van der Waals surface area contributed by atoms with Crippen LogP contribution in [0, 0.1) is 23.0 Å². The van der Waals surface area contributed by atoms with E-state index in [1.54, 1.807) is 18.2 Å². The third-order valence-corrected chi connectivity index (χ3v) is 5.16. The van der Waals surface area contributed by atoms with Crippen molar-refractivity contribution < 1.29 is 14.5 Å². The molecule has 0 aromatic heterocycles. The lowest BCUT2D eigenvalue weighted by Crippen LogP contribution is -2.42. The van der Waals surface area contributed by atoms with Crippen LogP contribution in [0.3, 0.4) is 0 Å². The molecule has 1 aliphatic carbocycles. The predicted octanol–water partition coefficient (Wildman–Crippen LogP) is 2.61. The molecule has 2 amide bonds. The third-order valence-electron chi connectivity index (χ3n) is 5.16. The first-order chi connectivity index (χ1) is 11.9. The summed E-state index contributed by atoms with van der Waals surface area (Å²) in [5.41, 5.74) is 1.99. The fourth-order valence-electron chi connectivity index (χ4n) is 3.42. The first-order valence-electron chi connectivity index (χ1n) is 8.74. The maximum Gasteiger partial charge on any atom is 0.254 e. The van der Waals surface area contributed by atoms with Gasteiger partial charge in [-0.05, 0) is 56.9 Å². The average molecular weight is 345 g/mol. The molecule has 1 saturated heterocycles. The van der Waals surface area contributed by atoms with Gasteiger partial charge in [-0.3, -0.25) is 19.7 Å². The summed E-state index contributed by atoms with van der Waals surface area (Å²) in [4.78, 5) is 36.9. The number of nitrogens with zero attached hydrogens (tertiary/aromatic N) is 2. The fraction of sp³-hybridized carbons (Fsp3) is 0.556. The lowest BCUT2D eigenvalue weighted by molar-refractivity contribution is -0.497. The van der Waals surface area contributed by atoms with Crippen molar-refractivity contribution in [1.82, 2.24) is 4.90 Å². The van der Waals surface area contributed by atoms with Crippen molar-refractivity contribution in [1.29, 1.82) is 0 Å². The minimum absolute atomic E-state index is 0.0174. The molecule has 3 atom stereocenters. The molecule has 1 heterocycles. The maximum atomic E-state index is 12.7. The third kappa shape index (κ3) is 3.65. The molecule has 1 N–H and O–H groups in total. The summed E-state index contributed by atoms with van der Waals surface area (Å²) in [7, 11) is 0. The van der Waals surface area contributed by atoms with Gasteiger partial charge in [-0.25, -0.2) is 0 Å². The second kappa shape index (κ2) is 6.82. The van der Waals surface area contributed by atoms with Gasteiger partial charge in [-0.1, -0.05) is 0 Å². The summed E-state index contributed by atoms with van der Waals surface area (Å²) in [5, 5.41) is 13.4. The van der Waals surface area contributed by atoms with Crippen LogP contribution >= 0.6 is 0 Å². The Bertz CT molecular complexity index is 718. The number of nitro groups is 1. The number of benzene rings is 1. The molecule has 134 valence electrons. The predicted molar refractivity (Wildman–Crippen MR) is 93.0 cm³/mol. The number of carbonyl (C=O) groups is 2. The van der Waals surface area contributed by atoms with Crippen molar-refractivity contribution in [3.05, 3.63) is 39.4 Å². The molecule has 7 nitrogen and oxygen atoms in total.